The molecule has 0 bridgehead atoms. The number of amides is 1. The highest BCUT2D eigenvalue weighted by Gasteiger charge is 2.26. The van der Waals surface area contributed by atoms with Crippen LogP contribution in [0.2, 0.25) is 0 Å². The molecule has 0 spiro atoms. The van der Waals surface area contributed by atoms with Gasteiger partial charge in [0.05, 0.1) is 24.1 Å². The van der Waals surface area contributed by atoms with Gasteiger partial charge in [0.15, 0.2) is 0 Å². The monoisotopic (exact) mass is 385 g/mol. The van der Waals surface area contributed by atoms with E-state index in [2.05, 4.69) is 0 Å². The molecule has 0 saturated carbocycles. The molecule has 1 aromatic heterocycles. The largest absolute Gasteiger partial charge is 0.369 e. The maximum Gasteiger partial charge on any atom is 0.332 e. The van der Waals surface area contributed by atoms with E-state index in [-0.39, 0.29) is 24.6 Å². The van der Waals surface area contributed by atoms with Crippen LogP contribution in [0.25, 0.3) is 0 Å². The summed E-state index contributed by atoms with van der Waals surface area (Å²) in [5.41, 5.74) is 4.92. The number of rotatable bonds is 4. The number of halogens is 1. The Kier molecular flexibility index (Phi) is 5.31. The highest BCUT2D eigenvalue weighted by atomic mass is 19.1. The van der Waals surface area contributed by atoms with Crippen LogP contribution >= 0.6 is 0 Å². The van der Waals surface area contributed by atoms with E-state index >= 15 is 0 Å². The van der Waals surface area contributed by atoms with E-state index in [1.807, 2.05) is 6.07 Å². The number of nitrogens with two attached hydrogens (primary N) is 1. The van der Waals surface area contributed by atoms with Crippen LogP contribution in [0.1, 0.15) is 24.0 Å². The Hall–Kier alpha value is -3.41. The standard InChI is InChI=1S/C19H20FN5O3/c1-23-17(26)8-16(24-6-2-3-13(10-24)18(22)27)25(19(23)28)11-14-7-15(20)5-4-12(14)9-21/h4-5,7-8,13H,2-3,6,10-11H2,1H3,(H2,22,27). The molecule has 146 valence electrons. The fraction of sp³-hybridized carbons (Fsp3) is 0.368. The summed E-state index contributed by atoms with van der Waals surface area (Å²) in [5, 5.41) is 9.29. The molecule has 1 fully saturated rings. The molecule has 1 unspecified atom stereocenters. The van der Waals surface area contributed by atoms with Crippen LogP contribution in [0, 0.1) is 23.1 Å². The van der Waals surface area contributed by atoms with E-state index in [0.29, 0.717) is 30.8 Å². The molecule has 2 N–H and O–H groups in total. The Morgan fingerprint density at radius 1 is 1.36 bits per heavy atom. The van der Waals surface area contributed by atoms with Crippen LogP contribution in [-0.2, 0) is 18.4 Å². The van der Waals surface area contributed by atoms with Crippen LogP contribution < -0.4 is 21.9 Å². The number of carbonyl (C=O) groups excluding carboxylic acids is 1. The number of nitriles is 1. The van der Waals surface area contributed by atoms with Gasteiger partial charge in [-0.05, 0) is 36.6 Å². The highest BCUT2D eigenvalue weighted by molar-refractivity contribution is 5.77. The van der Waals surface area contributed by atoms with Crippen LogP contribution in [0.5, 0.6) is 0 Å². The van der Waals surface area contributed by atoms with Crippen molar-refractivity contribution in [3.63, 3.8) is 0 Å². The second-order valence-electron chi connectivity index (χ2n) is 6.87. The molecule has 8 nitrogen and oxygen atoms in total. The number of piperidine rings is 1. The van der Waals surface area contributed by atoms with Gasteiger partial charge in [0.25, 0.3) is 5.56 Å². The number of nitrogens with zero attached hydrogens (tertiary/aromatic N) is 4. The normalized spacial score (nSPS) is 16.6. The van der Waals surface area contributed by atoms with Gasteiger partial charge in [0.1, 0.15) is 11.6 Å². The average molecular weight is 385 g/mol. The van der Waals surface area contributed by atoms with Crippen LogP contribution in [-0.4, -0.2) is 28.1 Å². The maximum atomic E-state index is 13.7. The van der Waals surface area contributed by atoms with Gasteiger partial charge in [0.2, 0.25) is 5.91 Å². The predicted octanol–water partition coefficient (Wildman–Crippen LogP) is 0.308. The molecule has 28 heavy (non-hydrogen) atoms. The first-order valence-electron chi connectivity index (χ1n) is 8.85. The molecular weight excluding hydrogens is 365 g/mol. The minimum Gasteiger partial charge on any atom is -0.369 e. The Morgan fingerprint density at radius 2 is 2.11 bits per heavy atom. The Labute approximate surface area is 160 Å². The van der Waals surface area contributed by atoms with E-state index in [0.717, 1.165) is 4.57 Å². The second-order valence-corrected chi connectivity index (χ2v) is 6.87. The van der Waals surface area contributed by atoms with Crippen molar-refractivity contribution in [1.29, 1.82) is 5.26 Å². The smallest absolute Gasteiger partial charge is 0.332 e. The van der Waals surface area contributed by atoms with E-state index in [1.165, 1.54) is 35.9 Å². The summed E-state index contributed by atoms with van der Waals surface area (Å²) in [6, 6.07) is 7.02. The molecule has 1 aliphatic rings. The number of hydrogen-bond donors (Lipinski definition) is 1. The van der Waals surface area contributed by atoms with E-state index < -0.39 is 23.0 Å². The van der Waals surface area contributed by atoms with Gasteiger partial charge in [-0.1, -0.05) is 0 Å². The third-order valence-corrected chi connectivity index (χ3v) is 5.04. The molecule has 0 aliphatic carbocycles. The lowest BCUT2D eigenvalue weighted by molar-refractivity contribution is -0.122. The Morgan fingerprint density at radius 3 is 2.79 bits per heavy atom. The lowest BCUT2D eigenvalue weighted by Crippen LogP contribution is -2.46. The molecule has 3 rings (SSSR count). The minimum absolute atomic E-state index is 0.0827. The van der Waals surface area contributed by atoms with Gasteiger partial charge in [-0.15, -0.1) is 0 Å². The molecule has 0 radical (unpaired) electrons. The summed E-state index contributed by atoms with van der Waals surface area (Å²) in [6.07, 6.45) is 1.32. The molecule has 2 heterocycles. The van der Waals surface area contributed by atoms with Crippen molar-refractivity contribution in [1.82, 2.24) is 9.13 Å². The molecule has 1 aliphatic heterocycles. The fourth-order valence-corrected chi connectivity index (χ4v) is 3.46. The highest BCUT2D eigenvalue weighted by Crippen LogP contribution is 2.23. The van der Waals surface area contributed by atoms with E-state index in [4.69, 9.17) is 5.73 Å². The third kappa shape index (κ3) is 3.67. The molecule has 2 aromatic rings. The summed E-state index contributed by atoms with van der Waals surface area (Å²) in [4.78, 5) is 38.4. The number of aromatic nitrogens is 2. The minimum atomic E-state index is -0.586. The predicted molar refractivity (Wildman–Crippen MR) is 100 cm³/mol. The van der Waals surface area contributed by atoms with Crippen molar-refractivity contribution in [3.05, 3.63) is 62.0 Å². The van der Waals surface area contributed by atoms with Gasteiger partial charge in [-0.2, -0.15) is 5.26 Å². The van der Waals surface area contributed by atoms with Gasteiger partial charge in [-0.25, -0.2) is 9.18 Å². The molecule has 1 aromatic carbocycles. The molecule has 9 heteroatoms. The van der Waals surface area contributed by atoms with Crippen molar-refractivity contribution in [2.45, 2.75) is 19.4 Å². The van der Waals surface area contributed by atoms with Crippen molar-refractivity contribution in [3.8, 4) is 6.07 Å². The van der Waals surface area contributed by atoms with Crippen LogP contribution in [0.15, 0.2) is 33.9 Å². The number of benzene rings is 1. The quantitative estimate of drug-likeness (QED) is 0.813. The molecule has 1 atom stereocenters. The van der Waals surface area contributed by atoms with Gasteiger partial charge < -0.3 is 10.6 Å². The topological polar surface area (TPSA) is 114 Å². The average Bonchev–Trinajstić information content (AvgIpc) is 2.68. The first-order chi connectivity index (χ1) is 13.3. The van der Waals surface area contributed by atoms with Crippen molar-refractivity contribution >= 4 is 11.7 Å². The lowest BCUT2D eigenvalue weighted by Gasteiger charge is -2.34. The number of hydrogen-bond acceptors (Lipinski definition) is 5. The second kappa shape index (κ2) is 7.68. The lowest BCUT2D eigenvalue weighted by atomic mass is 9.97. The van der Waals surface area contributed by atoms with Crippen molar-refractivity contribution in [2.75, 3.05) is 18.0 Å². The van der Waals surface area contributed by atoms with Gasteiger partial charge >= 0.3 is 5.69 Å². The molecular formula is C19H20FN5O3. The number of anilines is 1. The zero-order valence-corrected chi connectivity index (χ0v) is 15.4. The Balaban J connectivity index is 2.11. The zero-order chi connectivity index (χ0) is 20.4. The third-order valence-electron chi connectivity index (χ3n) is 5.04. The summed E-state index contributed by atoms with van der Waals surface area (Å²) in [6.45, 7) is 0.752. The van der Waals surface area contributed by atoms with Gasteiger partial charge in [-0.3, -0.25) is 18.7 Å². The van der Waals surface area contributed by atoms with Crippen molar-refractivity contribution in [2.24, 2.45) is 18.7 Å². The SMILES string of the molecule is Cn1c(=O)cc(N2CCCC(C(N)=O)C2)n(Cc2cc(F)ccc2C#N)c1=O. The van der Waals surface area contributed by atoms with E-state index in [1.54, 1.807) is 4.90 Å². The number of primary amides is 1. The Bertz CT molecular complexity index is 1080. The summed E-state index contributed by atoms with van der Waals surface area (Å²) < 4.78 is 16.0. The summed E-state index contributed by atoms with van der Waals surface area (Å²) in [7, 11) is 1.35. The first kappa shape index (κ1) is 19.4. The fourth-order valence-electron chi connectivity index (χ4n) is 3.46. The summed E-state index contributed by atoms with van der Waals surface area (Å²) >= 11 is 0. The van der Waals surface area contributed by atoms with Crippen LogP contribution in [0.3, 0.4) is 0 Å². The number of carbonyl (C=O) groups is 1. The van der Waals surface area contributed by atoms with Crippen LogP contribution in [0.4, 0.5) is 10.2 Å². The zero-order valence-electron chi connectivity index (χ0n) is 15.4. The van der Waals surface area contributed by atoms with Crippen molar-refractivity contribution < 1.29 is 9.18 Å². The maximum absolute atomic E-state index is 13.7. The molecule has 1 amide bonds. The van der Waals surface area contributed by atoms with Gasteiger partial charge in [0, 0.05) is 26.2 Å². The molecule has 1 saturated heterocycles. The van der Waals surface area contributed by atoms with E-state index in [9.17, 15) is 24.0 Å². The first-order valence-corrected chi connectivity index (χ1v) is 8.85. The summed E-state index contributed by atoms with van der Waals surface area (Å²) in [5.74, 6) is -1.02.